The largest absolute Gasteiger partial charge is 0.454 e. The number of likely N-dealkylation sites (N-methyl/N-ethyl adjacent to an activating group) is 1. The number of aliphatic imine (C=N–C) groups is 1. The first kappa shape index (κ1) is 15.5. The molecule has 0 spiro atoms. The second-order valence-electron chi connectivity index (χ2n) is 7.02. The van der Waals surface area contributed by atoms with Gasteiger partial charge in [-0.15, -0.1) is 0 Å². The molecule has 0 aliphatic carbocycles. The predicted molar refractivity (Wildman–Crippen MR) is 97.6 cm³/mol. The fraction of sp³-hybridized carbons (Fsp3) is 0.316. The van der Waals surface area contributed by atoms with E-state index in [-0.39, 0.29) is 0 Å². The molecule has 0 saturated carbocycles. The van der Waals surface area contributed by atoms with Gasteiger partial charge in [0.2, 0.25) is 0 Å². The van der Waals surface area contributed by atoms with Gasteiger partial charge in [-0.25, -0.2) is 4.99 Å². The average molecular weight is 343 g/mol. The van der Waals surface area contributed by atoms with Crippen LogP contribution in [0.2, 0.25) is 5.02 Å². The number of hydrogen-bond donors (Lipinski definition) is 0. The molecule has 0 bridgehead atoms. The van der Waals surface area contributed by atoms with E-state index in [4.69, 9.17) is 21.3 Å². The van der Waals surface area contributed by atoms with E-state index in [9.17, 15) is 0 Å². The van der Waals surface area contributed by atoms with Gasteiger partial charge < -0.3 is 14.1 Å². The molecule has 0 radical (unpaired) electrons. The lowest BCUT2D eigenvalue weighted by molar-refractivity contribution is -0.894. The lowest BCUT2D eigenvalue weighted by Crippen LogP contribution is -2.56. The Bertz CT molecular complexity index is 806. The molecule has 2 aliphatic heterocycles. The highest BCUT2D eigenvalue weighted by molar-refractivity contribution is 6.31. The number of piperazine rings is 1. The van der Waals surface area contributed by atoms with Gasteiger partial charge in [0, 0.05) is 5.02 Å². The van der Waals surface area contributed by atoms with Crippen molar-refractivity contribution in [3.05, 3.63) is 53.1 Å². The van der Waals surface area contributed by atoms with Gasteiger partial charge in [0.25, 0.3) is 0 Å². The molecule has 0 atom stereocenters. The zero-order valence-electron chi connectivity index (χ0n) is 14.0. The van der Waals surface area contributed by atoms with Crippen LogP contribution in [0.1, 0.15) is 5.56 Å². The molecule has 124 valence electrons. The van der Waals surface area contributed by atoms with Crippen LogP contribution in [0.4, 0.5) is 5.69 Å². The molecular weight excluding hydrogens is 322 g/mol. The maximum atomic E-state index is 6.26. The molecule has 0 N–H and O–H groups in total. The van der Waals surface area contributed by atoms with Gasteiger partial charge in [-0.05, 0) is 30.3 Å². The average Bonchev–Trinajstić information content (AvgIpc) is 2.71. The molecule has 4 rings (SSSR count). The van der Waals surface area contributed by atoms with Crippen LogP contribution in [0.25, 0.3) is 0 Å². The Morgan fingerprint density at radius 1 is 1.04 bits per heavy atom. The minimum absolute atomic E-state index is 0.698. The van der Waals surface area contributed by atoms with E-state index in [0.717, 1.165) is 59.2 Å². The topological polar surface area (TPSA) is 24.8 Å². The number of rotatable bonds is 0. The number of nitrogens with zero attached hydrogens (tertiary/aromatic N) is 3. The van der Waals surface area contributed by atoms with Gasteiger partial charge in [0.15, 0.2) is 5.75 Å². The monoisotopic (exact) mass is 342 g/mol. The van der Waals surface area contributed by atoms with Crippen molar-refractivity contribution >= 4 is 23.1 Å². The van der Waals surface area contributed by atoms with Crippen molar-refractivity contribution < 1.29 is 9.22 Å². The van der Waals surface area contributed by atoms with E-state index < -0.39 is 0 Å². The summed E-state index contributed by atoms with van der Waals surface area (Å²) in [5.41, 5.74) is 1.82. The zero-order valence-corrected chi connectivity index (χ0v) is 14.8. The lowest BCUT2D eigenvalue weighted by atomic mass is 10.1. The van der Waals surface area contributed by atoms with Crippen LogP contribution in [0.15, 0.2) is 47.5 Å². The quantitative estimate of drug-likeness (QED) is 0.678. The molecule has 4 nitrogen and oxygen atoms in total. The van der Waals surface area contributed by atoms with Crippen molar-refractivity contribution in [1.82, 2.24) is 4.90 Å². The standard InChI is InChI=1S/C19H21ClN3O/c1-23(2)11-9-22(10-12-23)19-15-13-14(20)7-8-17(15)24-18-6-4-3-5-16(18)21-19/h3-8,13H,9-12H2,1-2H3/q+1. The molecule has 24 heavy (non-hydrogen) atoms. The molecule has 0 amide bonds. The second-order valence-corrected chi connectivity index (χ2v) is 7.45. The lowest BCUT2D eigenvalue weighted by Gasteiger charge is -2.40. The van der Waals surface area contributed by atoms with Crippen LogP contribution in [0.5, 0.6) is 11.5 Å². The molecule has 0 aromatic heterocycles. The van der Waals surface area contributed by atoms with Crippen molar-refractivity contribution in [2.24, 2.45) is 4.99 Å². The van der Waals surface area contributed by atoms with Crippen molar-refractivity contribution in [1.29, 1.82) is 0 Å². The van der Waals surface area contributed by atoms with Crippen LogP contribution in [0, 0.1) is 0 Å². The van der Waals surface area contributed by atoms with Crippen LogP contribution in [0.3, 0.4) is 0 Å². The van der Waals surface area contributed by atoms with Crippen molar-refractivity contribution in [3.8, 4) is 11.5 Å². The third-order valence-electron chi connectivity index (χ3n) is 4.74. The highest BCUT2D eigenvalue weighted by Gasteiger charge is 2.29. The summed E-state index contributed by atoms with van der Waals surface area (Å²) in [6.07, 6.45) is 0. The Morgan fingerprint density at radius 3 is 2.58 bits per heavy atom. The van der Waals surface area contributed by atoms with Crippen LogP contribution in [-0.2, 0) is 0 Å². The highest BCUT2D eigenvalue weighted by atomic mass is 35.5. The predicted octanol–water partition coefficient (Wildman–Crippen LogP) is 3.92. The summed E-state index contributed by atoms with van der Waals surface area (Å²) >= 11 is 6.26. The number of para-hydroxylation sites is 2. The number of benzene rings is 2. The maximum absolute atomic E-state index is 6.26. The fourth-order valence-electron chi connectivity index (χ4n) is 3.15. The molecule has 0 unspecified atom stereocenters. The van der Waals surface area contributed by atoms with Gasteiger partial charge in [0.1, 0.15) is 17.3 Å². The third-order valence-corrected chi connectivity index (χ3v) is 4.98. The third kappa shape index (κ3) is 2.87. The van der Waals surface area contributed by atoms with Crippen molar-refractivity contribution in [2.45, 2.75) is 0 Å². The normalized spacial score (nSPS) is 18.8. The first-order valence-corrected chi connectivity index (χ1v) is 8.62. The molecule has 2 heterocycles. The number of ether oxygens (including phenoxy) is 1. The van der Waals surface area contributed by atoms with E-state index in [1.807, 2.05) is 42.5 Å². The van der Waals surface area contributed by atoms with Crippen LogP contribution < -0.4 is 4.74 Å². The molecule has 1 fully saturated rings. The van der Waals surface area contributed by atoms with Gasteiger partial charge in [-0.2, -0.15) is 0 Å². The Kier molecular flexibility index (Phi) is 3.74. The highest BCUT2D eigenvalue weighted by Crippen LogP contribution is 2.38. The Labute approximate surface area is 147 Å². The summed E-state index contributed by atoms with van der Waals surface area (Å²) in [6, 6.07) is 13.7. The van der Waals surface area contributed by atoms with E-state index in [1.165, 1.54) is 0 Å². The molecular formula is C19H21ClN3O+. The Balaban J connectivity index is 1.81. The van der Waals surface area contributed by atoms with Crippen LogP contribution in [-0.4, -0.2) is 55.5 Å². The van der Waals surface area contributed by atoms with Gasteiger partial charge >= 0.3 is 0 Å². The molecule has 2 aromatic carbocycles. The number of amidine groups is 1. The SMILES string of the molecule is C[N+]1(C)CCN(C2=Nc3ccccc3Oc3ccc(Cl)cc32)CC1. The van der Waals surface area contributed by atoms with Gasteiger partial charge in [-0.3, -0.25) is 0 Å². The molecule has 2 aliphatic rings. The summed E-state index contributed by atoms with van der Waals surface area (Å²) < 4.78 is 7.16. The summed E-state index contributed by atoms with van der Waals surface area (Å²) in [7, 11) is 4.55. The zero-order chi connectivity index (χ0) is 16.7. The fourth-order valence-corrected chi connectivity index (χ4v) is 3.33. The molecule has 1 saturated heterocycles. The number of fused-ring (bicyclic) bond motifs is 2. The summed E-state index contributed by atoms with van der Waals surface area (Å²) in [5.74, 6) is 2.55. The first-order valence-electron chi connectivity index (χ1n) is 8.24. The van der Waals surface area contributed by atoms with E-state index >= 15 is 0 Å². The van der Waals surface area contributed by atoms with Crippen LogP contribution >= 0.6 is 11.6 Å². The van der Waals surface area contributed by atoms with Gasteiger partial charge in [0.05, 0.1) is 45.8 Å². The maximum Gasteiger partial charge on any atom is 0.153 e. The smallest absolute Gasteiger partial charge is 0.153 e. The number of halogens is 1. The second kappa shape index (κ2) is 5.80. The summed E-state index contributed by atoms with van der Waals surface area (Å²) in [5, 5.41) is 0.698. The minimum atomic E-state index is 0.698. The van der Waals surface area contributed by atoms with E-state index in [0.29, 0.717) is 5.02 Å². The van der Waals surface area contributed by atoms with Crippen molar-refractivity contribution in [2.75, 3.05) is 40.3 Å². The number of quaternary nitrogens is 1. The van der Waals surface area contributed by atoms with Gasteiger partial charge in [-0.1, -0.05) is 23.7 Å². The molecule has 2 aromatic rings. The summed E-state index contributed by atoms with van der Waals surface area (Å²) in [6.45, 7) is 4.13. The van der Waals surface area contributed by atoms with E-state index in [2.05, 4.69) is 19.0 Å². The Hall–Kier alpha value is -2.04. The summed E-state index contributed by atoms with van der Waals surface area (Å²) in [4.78, 5) is 7.30. The first-order chi connectivity index (χ1) is 11.5. The Morgan fingerprint density at radius 2 is 1.79 bits per heavy atom. The van der Waals surface area contributed by atoms with Crippen molar-refractivity contribution in [3.63, 3.8) is 0 Å². The minimum Gasteiger partial charge on any atom is -0.454 e. The number of hydrogen-bond acceptors (Lipinski definition) is 3. The van der Waals surface area contributed by atoms with E-state index in [1.54, 1.807) is 0 Å². The molecule has 5 heteroatoms.